The number of carbonyl (C=O) groups is 3. The highest BCUT2D eigenvalue weighted by Crippen LogP contribution is 2.43. The Morgan fingerprint density at radius 1 is 1.07 bits per heavy atom. The third-order valence-corrected chi connectivity index (χ3v) is 9.24. The van der Waals surface area contributed by atoms with Crippen LogP contribution in [-0.4, -0.2) is 93.1 Å². The number of likely N-dealkylation sites (tertiary alicyclic amines) is 2. The minimum atomic E-state index is -2.99. The molecule has 2 aromatic heterocycles. The van der Waals surface area contributed by atoms with Gasteiger partial charge in [-0.05, 0) is 48.9 Å². The van der Waals surface area contributed by atoms with Gasteiger partial charge in [-0.2, -0.15) is 0 Å². The van der Waals surface area contributed by atoms with Crippen LogP contribution in [-0.2, 0) is 9.53 Å². The normalized spacial score (nSPS) is 23.5. The van der Waals surface area contributed by atoms with Crippen molar-refractivity contribution in [2.45, 2.75) is 62.8 Å². The van der Waals surface area contributed by atoms with Gasteiger partial charge in [0.1, 0.15) is 17.0 Å². The molecule has 3 atom stereocenters. The van der Waals surface area contributed by atoms with Gasteiger partial charge in [0.05, 0.1) is 31.8 Å². The average molecular weight is 654 g/mol. The summed E-state index contributed by atoms with van der Waals surface area (Å²) in [5, 5.41) is 9.99. The smallest absolute Gasteiger partial charge is 0.409 e. The molecule has 17 heteroatoms. The summed E-state index contributed by atoms with van der Waals surface area (Å²) in [5.41, 5.74) is 0.267. The van der Waals surface area contributed by atoms with Crippen molar-refractivity contribution in [2.24, 2.45) is 11.8 Å². The maximum Gasteiger partial charge on any atom is 0.409 e. The molecule has 0 spiro atoms. The molecule has 1 aliphatic carbocycles. The number of aryl methyl sites for hydroxylation is 1. The molecule has 3 aliphatic rings. The first kappa shape index (κ1) is 31.7. The minimum absolute atomic E-state index is 0.0481. The summed E-state index contributed by atoms with van der Waals surface area (Å²) >= 11 is 0. The molecule has 6 rings (SSSR count). The number of halogens is 5. The lowest BCUT2D eigenvalue weighted by Gasteiger charge is -2.44. The molecule has 0 bridgehead atoms. The number of rotatable bonds is 6. The average Bonchev–Trinajstić information content (AvgIpc) is 3.64. The van der Waals surface area contributed by atoms with Crippen LogP contribution in [0.2, 0.25) is 0 Å². The topological polar surface area (TPSA) is 147 Å². The lowest BCUT2D eigenvalue weighted by Crippen LogP contribution is -2.61. The number of aromatic nitrogens is 4. The van der Waals surface area contributed by atoms with Gasteiger partial charge in [0.2, 0.25) is 11.8 Å². The van der Waals surface area contributed by atoms with E-state index in [0.29, 0.717) is 0 Å². The highest BCUT2D eigenvalue weighted by Gasteiger charge is 2.50. The summed E-state index contributed by atoms with van der Waals surface area (Å²) in [6.07, 6.45) is -1.26. The molecule has 2 saturated heterocycles. The number of piperidine rings is 1. The highest BCUT2D eigenvalue weighted by molar-refractivity contribution is 5.93. The molecule has 2 aliphatic heterocycles. The predicted molar refractivity (Wildman–Crippen MR) is 149 cm³/mol. The Kier molecular flexibility index (Phi) is 8.13. The van der Waals surface area contributed by atoms with Gasteiger partial charge in [-0.1, -0.05) is 11.2 Å². The van der Waals surface area contributed by atoms with Gasteiger partial charge in [0.15, 0.2) is 11.5 Å². The van der Waals surface area contributed by atoms with E-state index in [1.165, 1.54) is 31.1 Å². The van der Waals surface area contributed by atoms with Crippen LogP contribution >= 0.6 is 0 Å². The lowest BCUT2D eigenvalue weighted by molar-refractivity contribution is -0.171. The number of nitrogens with one attached hydrogen (secondary N) is 2. The number of aromatic amines is 1. The number of benzene rings is 1. The van der Waals surface area contributed by atoms with Gasteiger partial charge in [-0.15, -0.1) is 0 Å². The van der Waals surface area contributed by atoms with Gasteiger partial charge < -0.3 is 24.8 Å². The van der Waals surface area contributed by atoms with E-state index in [4.69, 9.17) is 4.74 Å². The Morgan fingerprint density at radius 2 is 1.78 bits per heavy atom. The molecule has 12 nitrogen and oxygen atoms in total. The molecule has 2 N–H and O–H groups in total. The van der Waals surface area contributed by atoms with E-state index in [-0.39, 0.29) is 66.2 Å². The summed E-state index contributed by atoms with van der Waals surface area (Å²) in [4.78, 5) is 48.6. The SMILES string of the molecule is COC(=O)N1CC[C@@H](C(=O)N2CC(F)(F)C2)[C@@H](c2ccc3[nH]c([C@@H](NC(=O)c4nonc4C)C4CCC(F)(F)CC4)nc3c2F)C1. The fourth-order valence-corrected chi connectivity index (χ4v) is 6.72. The molecule has 0 radical (unpaired) electrons. The number of hydrogen-bond acceptors (Lipinski definition) is 8. The van der Waals surface area contributed by atoms with Crippen molar-refractivity contribution < 1.29 is 45.7 Å². The number of methoxy groups -OCH3 is 1. The molecule has 1 saturated carbocycles. The van der Waals surface area contributed by atoms with Crippen molar-refractivity contribution in [3.63, 3.8) is 0 Å². The van der Waals surface area contributed by atoms with E-state index in [1.807, 2.05) is 0 Å². The number of imidazole rings is 1. The van der Waals surface area contributed by atoms with Crippen LogP contribution < -0.4 is 5.32 Å². The van der Waals surface area contributed by atoms with Crippen LogP contribution in [0.5, 0.6) is 0 Å². The van der Waals surface area contributed by atoms with Crippen LogP contribution in [0.15, 0.2) is 16.8 Å². The molecule has 1 aromatic carbocycles. The van der Waals surface area contributed by atoms with Crippen molar-refractivity contribution in [2.75, 3.05) is 33.3 Å². The fourth-order valence-electron chi connectivity index (χ4n) is 6.72. The second kappa shape index (κ2) is 11.8. The Labute approximate surface area is 259 Å². The van der Waals surface area contributed by atoms with Gasteiger partial charge in [-0.25, -0.2) is 36.4 Å². The van der Waals surface area contributed by atoms with Gasteiger partial charge in [0, 0.05) is 37.8 Å². The number of alkyl halides is 4. The molecule has 248 valence electrons. The zero-order valence-electron chi connectivity index (χ0n) is 25.0. The standard InChI is InChI=1S/C29H32F5N7O5/c1-14-21(39-46-38-14)25(42)37-22(15-5-8-28(31,32)9-6-15)24-35-19-4-3-16(20(30)23(19)36-24)18-11-40(27(44)45-2)10-7-17(18)26(43)41-12-29(33,34)13-41/h3-4,15,17-18,22H,5-13H2,1-2H3,(H,35,36)(H,37,42)/t17-,18-,22+/m1/s1. The van der Waals surface area contributed by atoms with Crippen LogP contribution in [0.4, 0.5) is 26.7 Å². The molecule has 4 heterocycles. The number of amides is 3. The largest absolute Gasteiger partial charge is 0.453 e. The molecule has 46 heavy (non-hydrogen) atoms. The Bertz CT molecular complexity index is 1640. The Hall–Kier alpha value is -4.31. The summed E-state index contributed by atoms with van der Waals surface area (Å²) in [5.74, 6) is -10.0. The van der Waals surface area contributed by atoms with Crippen LogP contribution in [0, 0.1) is 24.6 Å². The van der Waals surface area contributed by atoms with Crippen molar-refractivity contribution in [3.05, 3.63) is 40.7 Å². The second-order valence-electron chi connectivity index (χ2n) is 12.3. The summed E-state index contributed by atoms with van der Waals surface area (Å²) in [6.45, 7) is 0.0573. The molecular weight excluding hydrogens is 621 g/mol. The fraction of sp³-hybridized carbons (Fsp3) is 0.586. The summed E-state index contributed by atoms with van der Waals surface area (Å²) in [6, 6.07) is 2.04. The third-order valence-electron chi connectivity index (χ3n) is 9.24. The van der Waals surface area contributed by atoms with Crippen molar-refractivity contribution in [3.8, 4) is 0 Å². The van der Waals surface area contributed by atoms with Crippen LogP contribution in [0.25, 0.3) is 11.0 Å². The molecular formula is C29H32F5N7O5. The van der Waals surface area contributed by atoms with Gasteiger partial charge in [0.25, 0.3) is 11.8 Å². The first-order valence-electron chi connectivity index (χ1n) is 14.9. The van der Waals surface area contributed by atoms with Gasteiger partial charge in [-0.3, -0.25) is 9.59 Å². The quantitative estimate of drug-likeness (QED) is 0.374. The van der Waals surface area contributed by atoms with E-state index in [0.717, 1.165) is 4.90 Å². The summed E-state index contributed by atoms with van der Waals surface area (Å²) in [7, 11) is 1.19. The number of ether oxygens (including phenoxy) is 1. The van der Waals surface area contributed by atoms with E-state index in [9.17, 15) is 31.9 Å². The van der Waals surface area contributed by atoms with E-state index in [2.05, 4.69) is 30.2 Å². The van der Waals surface area contributed by atoms with Gasteiger partial charge >= 0.3 is 6.09 Å². The molecule has 3 aromatic rings. The maximum atomic E-state index is 16.4. The monoisotopic (exact) mass is 653 g/mol. The third kappa shape index (κ3) is 5.98. The van der Waals surface area contributed by atoms with Crippen molar-refractivity contribution in [1.82, 2.24) is 35.4 Å². The maximum absolute atomic E-state index is 16.4. The zero-order chi connectivity index (χ0) is 33.0. The van der Waals surface area contributed by atoms with E-state index < -0.39 is 85.3 Å². The van der Waals surface area contributed by atoms with Crippen molar-refractivity contribution in [1.29, 1.82) is 0 Å². The van der Waals surface area contributed by atoms with Crippen LogP contribution in [0.1, 0.15) is 71.6 Å². The lowest BCUT2D eigenvalue weighted by atomic mass is 9.79. The first-order chi connectivity index (χ1) is 21.8. The Balaban J connectivity index is 1.34. The molecule has 3 amide bonds. The number of H-pyrrole nitrogens is 1. The van der Waals surface area contributed by atoms with Crippen LogP contribution in [0.3, 0.4) is 0 Å². The Morgan fingerprint density at radius 3 is 2.41 bits per heavy atom. The molecule has 3 fully saturated rings. The zero-order valence-corrected chi connectivity index (χ0v) is 25.0. The number of nitrogens with zero attached hydrogens (tertiary/aromatic N) is 5. The number of carbonyl (C=O) groups excluding carboxylic acids is 3. The first-order valence-corrected chi connectivity index (χ1v) is 14.9. The summed E-state index contributed by atoms with van der Waals surface area (Å²) < 4.78 is 81.1. The highest BCUT2D eigenvalue weighted by atomic mass is 19.3. The van der Waals surface area contributed by atoms with E-state index >= 15 is 4.39 Å². The molecule has 0 unspecified atom stereocenters. The predicted octanol–water partition coefficient (Wildman–Crippen LogP) is 4.34. The second-order valence-corrected chi connectivity index (χ2v) is 12.3. The van der Waals surface area contributed by atoms with E-state index in [1.54, 1.807) is 0 Å². The minimum Gasteiger partial charge on any atom is -0.453 e. The van der Waals surface area contributed by atoms with Crippen molar-refractivity contribution >= 4 is 28.9 Å². The number of hydrogen-bond donors (Lipinski definition) is 2. The number of fused-ring (bicyclic) bond motifs is 1.